The van der Waals surface area contributed by atoms with Gasteiger partial charge in [-0.15, -0.1) is 0 Å². The molecule has 0 aromatic heterocycles. The Labute approximate surface area is 98.0 Å². The Morgan fingerprint density at radius 3 is 2.81 bits per heavy atom. The number of rotatable bonds is 1. The number of hydrogen-bond donors (Lipinski definition) is 1. The van der Waals surface area contributed by atoms with Crippen LogP contribution in [0.1, 0.15) is 18.0 Å². The lowest BCUT2D eigenvalue weighted by atomic mass is 10.0. The summed E-state index contributed by atoms with van der Waals surface area (Å²) in [5, 5.41) is 0.0532. The number of nitrogens with zero attached hydrogens (tertiary/aromatic N) is 1. The highest BCUT2D eigenvalue weighted by Gasteiger charge is 2.37. The molecule has 2 unspecified atom stereocenters. The van der Waals surface area contributed by atoms with Crippen molar-refractivity contribution in [2.75, 3.05) is 7.05 Å². The number of likely N-dealkylation sites (N-methyl/N-ethyl adjacent to an activating group) is 1. The molecule has 0 spiro atoms. The SMILES string of the molecule is CN1C(=O)CC(N)C1c1cccc(Cl)c1F. The Hall–Kier alpha value is -1.13. The Kier molecular flexibility index (Phi) is 2.86. The van der Waals surface area contributed by atoms with Gasteiger partial charge in [0.2, 0.25) is 5.91 Å². The molecule has 1 aromatic carbocycles. The molecule has 1 aromatic rings. The van der Waals surface area contributed by atoms with Crippen LogP contribution in [0.5, 0.6) is 0 Å². The number of carbonyl (C=O) groups is 1. The van der Waals surface area contributed by atoms with E-state index in [-0.39, 0.29) is 23.4 Å². The predicted octanol–water partition coefficient (Wildman–Crippen LogP) is 1.71. The van der Waals surface area contributed by atoms with Crippen LogP contribution in [0.3, 0.4) is 0 Å². The van der Waals surface area contributed by atoms with Crippen molar-refractivity contribution in [3.63, 3.8) is 0 Å². The summed E-state index contributed by atoms with van der Waals surface area (Å²) in [5.41, 5.74) is 6.22. The van der Waals surface area contributed by atoms with Crippen LogP contribution in [0.4, 0.5) is 4.39 Å². The fraction of sp³-hybridized carbons (Fsp3) is 0.364. The van der Waals surface area contributed by atoms with Gasteiger partial charge in [0.1, 0.15) is 5.82 Å². The van der Waals surface area contributed by atoms with Gasteiger partial charge < -0.3 is 10.6 Å². The molecule has 2 N–H and O–H groups in total. The average molecular weight is 243 g/mol. The summed E-state index contributed by atoms with van der Waals surface area (Å²) in [5.74, 6) is -0.567. The zero-order chi connectivity index (χ0) is 11.9. The smallest absolute Gasteiger partial charge is 0.224 e. The van der Waals surface area contributed by atoms with Gasteiger partial charge in [-0.05, 0) is 6.07 Å². The molecule has 0 bridgehead atoms. The normalized spacial score (nSPS) is 25.2. The lowest BCUT2D eigenvalue weighted by molar-refractivity contribution is -0.127. The Balaban J connectivity index is 2.44. The van der Waals surface area contributed by atoms with Gasteiger partial charge in [-0.25, -0.2) is 4.39 Å². The van der Waals surface area contributed by atoms with Crippen molar-refractivity contribution >= 4 is 17.5 Å². The van der Waals surface area contributed by atoms with Crippen LogP contribution < -0.4 is 5.73 Å². The van der Waals surface area contributed by atoms with E-state index in [0.29, 0.717) is 5.56 Å². The van der Waals surface area contributed by atoms with E-state index in [2.05, 4.69) is 0 Å². The lowest BCUT2D eigenvalue weighted by Crippen LogP contribution is -2.31. The van der Waals surface area contributed by atoms with Crippen LogP contribution in [0.2, 0.25) is 5.02 Å². The van der Waals surface area contributed by atoms with Crippen molar-refractivity contribution in [2.24, 2.45) is 5.73 Å². The van der Waals surface area contributed by atoms with Crippen molar-refractivity contribution in [1.82, 2.24) is 4.90 Å². The summed E-state index contributed by atoms with van der Waals surface area (Å²) in [7, 11) is 1.63. The summed E-state index contributed by atoms with van der Waals surface area (Å²) < 4.78 is 13.8. The molecule has 5 heteroatoms. The van der Waals surface area contributed by atoms with Gasteiger partial charge in [-0.1, -0.05) is 23.7 Å². The highest BCUT2D eigenvalue weighted by molar-refractivity contribution is 6.30. The van der Waals surface area contributed by atoms with Gasteiger partial charge in [0, 0.05) is 25.1 Å². The first kappa shape index (κ1) is 11.4. The molecule has 0 radical (unpaired) electrons. The van der Waals surface area contributed by atoms with Crippen LogP contribution >= 0.6 is 11.6 Å². The summed E-state index contributed by atoms with van der Waals surface area (Å²) >= 11 is 5.70. The second kappa shape index (κ2) is 4.03. The van der Waals surface area contributed by atoms with E-state index >= 15 is 0 Å². The molecule has 2 atom stereocenters. The van der Waals surface area contributed by atoms with Crippen molar-refractivity contribution in [1.29, 1.82) is 0 Å². The molecule has 0 saturated carbocycles. The highest BCUT2D eigenvalue weighted by Crippen LogP contribution is 2.33. The molecule has 0 aliphatic carbocycles. The van der Waals surface area contributed by atoms with Crippen molar-refractivity contribution in [2.45, 2.75) is 18.5 Å². The number of likely N-dealkylation sites (tertiary alicyclic amines) is 1. The Morgan fingerprint density at radius 1 is 1.56 bits per heavy atom. The van der Waals surface area contributed by atoms with Crippen LogP contribution in [0.25, 0.3) is 0 Å². The van der Waals surface area contributed by atoms with E-state index in [1.807, 2.05) is 0 Å². The second-order valence-corrected chi connectivity index (χ2v) is 4.37. The third-order valence-electron chi connectivity index (χ3n) is 2.93. The molecule has 16 heavy (non-hydrogen) atoms. The van der Waals surface area contributed by atoms with Gasteiger partial charge in [0.15, 0.2) is 0 Å². The molecule has 1 heterocycles. The highest BCUT2D eigenvalue weighted by atomic mass is 35.5. The van der Waals surface area contributed by atoms with Crippen LogP contribution in [0.15, 0.2) is 18.2 Å². The molecular formula is C11H12ClFN2O. The minimum Gasteiger partial charge on any atom is -0.337 e. The first-order valence-corrected chi connectivity index (χ1v) is 5.35. The maximum Gasteiger partial charge on any atom is 0.224 e. The molecular weight excluding hydrogens is 231 g/mol. The van der Waals surface area contributed by atoms with Crippen molar-refractivity contribution in [3.8, 4) is 0 Å². The van der Waals surface area contributed by atoms with E-state index in [4.69, 9.17) is 17.3 Å². The molecule has 1 aliphatic rings. The first-order valence-electron chi connectivity index (χ1n) is 4.97. The van der Waals surface area contributed by atoms with Crippen LogP contribution in [0, 0.1) is 5.82 Å². The lowest BCUT2D eigenvalue weighted by Gasteiger charge is -2.23. The summed E-state index contributed by atoms with van der Waals surface area (Å²) in [6.45, 7) is 0. The number of hydrogen-bond acceptors (Lipinski definition) is 2. The topological polar surface area (TPSA) is 46.3 Å². The van der Waals surface area contributed by atoms with Gasteiger partial charge in [-0.2, -0.15) is 0 Å². The summed E-state index contributed by atoms with van der Waals surface area (Å²) in [6, 6.07) is 3.94. The molecule has 1 saturated heterocycles. The number of nitrogens with two attached hydrogens (primary N) is 1. The third kappa shape index (κ3) is 1.68. The van der Waals surface area contributed by atoms with E-state index in [1.165, 1.54) is 11.0 Å². The maximum absolute atomic E-state index is 13.8. The molecule has 2 rings (SSSR count). The fourth-order valence-corrected chi connectivity index (χ4v) is 2.27. The quantitative estimate of drug-likeness (QED) is 0.815. The van der Waals surface area contributed by atoms with Gasteiger partial charge >= 0.3 is 0 Å². The monoisotopic (exact) mass is 242 g/mol. The second-order valence-electron chi connectivity index (χ2n) is 3.96. The van der Waals surface area contributed by atoms with E-state index < -0.39 is 11.9 Å². The number of halogens is 2. The van der Waals surface area contributed by atoms with Crippen molar-refractivity contribution in [3.05, 3.63) is 34.6 Å². The Bertz CT molecular complexity index is 438. The van der Waals surface area contributed by atoms with Crippen LogP contribution in [-0.2, 0) is 4.79 Å². The van der Waals surface area contributed by atoms with Gasteiger partial charge in [0.05, 0.1) is 11.1 Å². The predicted molar refractivity (Wildman–Crippen MR) is 59.5 cm³/mol. The summed E-state index contributed by atoms with van der Waals surface area (Å²) in [6.07, 6.45) is 0.243. The molecule has 86 valence electrons. The minimum absolute atomic E-state index is 0.0532. The molecule has 3 nitrogen and oxygen atoms in total. The maximum atomic E-state index is 13.8. The largest absolute Gasteiger partial charge is 0.337 e. The van der Waals surface area contributed by atoms with Gasteiger partial charge in [0.25, 0.3) is 0 Å². The van der Waals surface area contributed by atoms with E-state index in [0.717, 1.165) is 0 Å². The number of benzene rings is 1. The minimum atomic E-state index is -0.494. The zero-order valence-corrected chi connectivity index (χ0v) is 9.54. The fourth-order valence-electron chi connectivity index (χ4n) is 2.09. The Morgan fingerprint density at radius 2 is 2.25 bits per heavy atom. The average Bonchev–Trinajstić information content (AvgIpc) is 2.47. The number of carbonyl (C=O) groups excluding carboxylic acids is 1. The summed E-state index contributed by atoms with van der Waals surface area (Å²) in [4.78, 5) is 12.9. The zero-order valence-electron chi connectivity index (χ0n) is 8.78. The first-order chi connectivity index (χ1) is 7.52. The third-order valence-corrected chi connectivity index (χ3v) is 3.22. The molecule has 1 amide bonds. The number of amides is 1. The molecule has 1 fully saturated rings. The van der Waals surface area contributed by atoms with Crippen molar-refractivity contribution < 1.29 is 9.18 Å². The van der Waals surface area contributed by atoms with Gasteiger partial charge in [-0.3, -0.25) is 4.79 Å². The standard InChI is InChI=1S/C11H12ClFN2O/c1-15-9(16)5-8(14)11(15)6-3-2-4-7(12)10(6)13/h2-4,8,11H,5,14H2,1H3. The van der Waals surface area contributed by atoms with E-state index in [9.17, 15) is 9.18 Å². The molecule has 1 aliphatic heterocycles. The van der Waals surface area contributed by atoms with Crippen LogP contribution in [-0.4, -0.2) is 23.9 Å². The van der Waals surface area contributed by atoms with E-state index in [1.54, 1.807) is 19.2 Å².